The van der Waals surface area contributed by atoms with E-state index in [1.54, 1.807) is 0 Å². The number of carbonyl (C=O) groups excluding carboxylic acids is 1. The molecule has 0 aromatic heterocycles. The van der Waals surface area contributed by atoms with Crippen molar-refractivity contribution >= 4 is 21.7 Å². The van der Waals surface area contributed by atoms with Crippen molar-refractivity contribution in [1.29, 1.82) is 0 Å². The van der Waals surface area contributed by atoms with Crippen LogP contribution in [0.1, 0.15) is 49.7 Å². The highest BCUT2D eigenvalue weighted by atomic mass is 79.9. The minimum Gasteiger partial charge on any atom is -0.292 e. The Morgan fingerprint density at radius 2 is 2.00 bits per heavy atom. The average Bonchev–Trinajstić information content (AvgIpc) is 2.40. The molecule has 1 aliphatic carbocycles. The third kappa shape index (κ3) is 3.51. The zero-order valence-electron chi connectivity index (χ0n) is 12.2. The number of hydrogen-bond acceptors (Lipinski definition) is 3. The van der Waals surface area contributed by atoms with Crippen LogP contribution in [0.3, 0.4) is 0 Å². The standard InChI is InChI=1S/C16H20BrNO3/c1-12-7-8-13(14(17)10-12)11-16(18(20)21)9-5-3-2-4-6-15(16)19/h7-8,10H,2-6,9,11H2,1H3. The molecule has 0 heterocycles. The molecule has 114 valence electrons. The fraction of sp³-hybridized carbons (Fsp3) is 0.562. The molecule has 4 nitrogen and oxygen atoms in total. The SMILES string of the molecule is Cc1ccc(CC2([N+](=O)[O-])CCCCCCC2=O)c(Br)c1. The summed E-state index contributed by atoms with van der Waals surface area (Å²) in [6.45, 7) is 1.97. The van der Waals surface area contributed by atoms with Gasteiger partial charge in [-0.3, -0.25) is 14.9 Å². The van der Waals surface area contributed by atoms with Crippen LogP contribution in [0, 0.1) is 17.0 Å². The fourth-order valence-electron chi connectivity index (χ4n) is 2.98. The van der Waals surface area contributed by atoms with E-state index in [9.17, 15) is 14.9 Å². The van der Waals surface area contributed by atoms with Crippen molar-refractivity contribution in [1.82, 2.24) is 0 Å². The first-order chi connectivity index (χ1) is 9.95. The monoisotopic (exact) mass is 353 g/mol. The summed E-state index contributed by atoms with van der Waals surface area (Å²) >= 11 is 3.47. The van der Waals surface area contributed by atoms with Gasteiger partial charge in [-0.15, -0.1) is 0 Å². The van der Waals surface area contributed by atoms with Gasteiger partial charge < -0.3 is 0 Å². The number of rotatable bonds is 3. The van der Waals surface area contributed by atoms with E-state index in [-0.39, 0.29) is 17.1 Å². The summed E-state index contributed by atoms with van der Waals surface area (Å²) in [5.41, 5.74) is 0.481. The summed E-state index contributed by atoms with van der Waals surface area (Å²) in [6.07, 6.45) is 4.33. The van der Waals surface area contributed by atoms with E-state index in [0.29, 0.717) is 12.8 Å². The lowest BCUT2D eigenvalue weighted by atomic mass is 9.79. The van der Waals surface area contributed by atoms with Crippen LogP contribution >= 0.6 is 15.9 Å². The molecule has 0 bridgehead atoms. The van der Waals surface area contributed by atoms with Crippen molar-refractivity contribution in [2.24, 2.45) is 0 Å². The van der Waals surface area contributed by atoms with Crippen molar-refractivity contribution in [3.05, 3.63) is 43.9 Å². The Kier molecular flexibility index (Phi) is 5.14. The first-order valence-electron chi connectivity index (χ1n) is 7.38. The van der Waals surface area contributed by atoms with E-state index in [1.165, 1.54) is 0 Å². The van der Waals surface area contributed by atoms with Gasteiger partial charge in [0, 0.05) is 22.2 Å². The van der Waals surface area contributed by atoms with Gasteiger partial charge >= 0.3 is 0 Å². The quantitative estimate of drug-likeness (QED) is 0.603. The maximum Gasteiger partial charge on any atom is 0.283 e. The van der Waals surface area contributed by atoms with Crippen LogP contribution in [0.5, 0.6) is 0 Å². The highest BCUT2D eigenvalue weighted by Crippen LogP contribution is 2.32. The number of nitrogens with zero attached hydrogens (tertiary/aromatic N) is 1. The minimum atomic E-state index is -1.45. The first kappa shape index (κ1) is 16.1. The third-order valence-electron chi connectivity index (χ3n) is 4.30. The molecule has 5 heteroatoms. The van der Waals surface area contributed by atoms with Crippen molar-refractivity contribution in [2.45, 2.75) is 57.4 Å². The zero-order valence-corrected chi connectivity index (χ0v) is 13.8. The number of ketones is 1. The van der Waals surface area contributed by atoms with Crippen LogP contribution in [-0.4, -0.2) is 16.2 Å². The van der Waals surface area contributed by atoms with E-state index >= 15 is 0 Å². The molecule has 0 spiro atoms. The minimum absolute atomic E-state index is 0.180. The number of aryl methyl sites for hydroxylation is 1. The Hall–Kier alpha value is -1.23. The van der Waals surface area contributed by atoms with Crippen molar-refractivity contribution < 1.29 is 9.72 Å². The summed E-state index contributed by atoms with van der Waals surface area (Å²) in [4.78, 5) is 23.8. The van der Waals surface area contributed by atoms with E-state index in [4.69, 9.17) is 0 Å². The normalized spacial score (nSPS) is 23.4. The summed E-state index contributed by atoms with van der Waals surface area (Å²) in [5.74, 6) is -0.209. The van der Waals surface area contributed by atoms with Crippen LogP contribution in [0.2, 0.25) is 0 Å². The Bertz CT molecular complexity index is 558. The average molecular weight is 354 g/mol. The topological polar surface area (TPSA) is 60.2 Å². The van der Waals surface area contributed by atoms with Crippen LogP contribution in [-0.2, 0) is 11.2 Å². The number of carbonyl (C=O) groups is 1. The van der Waals surface area contributed by atoms with Gasteiger partial charge in [-0.25, -0.2) is 0 Å². The Morgan fingerprint density at radius 3 is 2.67 bits per heavy atom. The van der Waals surface area contributed by atoms with E-state index < -0.39 is 5.54 Å². The van der Waals surface area contributed by atoms with Gasteiger partial charge in [-0.05, 0) is 37.0 Å². The van der Waals surface area contributed by atoms with Crippen LogP contribution in [0.25, 0.3) is 0 Å². The second-order valence-electron chi connectivity index (χ2n) is 5.90. The fourth-order valence-corrected chi connectivity index (χ4v) is 3.62. The van der Waals surface area contributed by atoms with Crippen LogP contribution < -0.4 is 0 Å². The van der Waals surface area contributed by atoms with Crippen molar-refractivity contribution in [3.63, 3.8) is 0 Å². The largest absolute Gasteiger partial charge is 0.292 e. The maximum absolute atomic E-state index is 12.5. The summed E-state index contributed by atoms with van der Waals surface area (Å²) < 4.78 is 0.846. The molecule has 0 aliphatic heterocycles. The highest BCUT2D eigenvalue weighted by Gasteiger charge is 2.49. The predicted molar refractivity (Wildman–Crippen MR) is 85.0 cm³/mol. The molecule has 0 N–H and O–H groups in total. The molecule has 1 saturated carbocycles. The Morgan fingerprint density at radius 1 is 1.29 bits per heavy atom. The smallest absolute Gasteiger partial charge is 0.283 e. The number of benzene rings is 1. The third-order valence-corrected chi connectivity index (χ3v) is 5.04. The zero-order chi connectivity index (χ0) is 15.5. The number of Topliss-reactive ketones (excluding diaryl/α,β-unsaturated/α-hetero) is 1. The lowest BCUT2D eigenvalue weighted by Crippen LogP contribution is -2.49. The van der Waals surface area contributed by atoms with Gasteiger partial charge in [0.2, 0.25) is 5.78 Å². The van der Waals surface area contributed by atoms with Crippen molar-refractivity contribution in [2.75, 3.05) is 0 Å². The Labute approximate surface area is 133 Å². The molecule has 1 atom stereocenters. The molecule has 1 aromatic carbocycles. The molecule has 2 rings (SSSR count). The van der Waals surface area contributed by atoms with Gasteiger partial charge in [0.05, 0.1) is 6.42 Å². The van der Waals surface area contributed by atoms with Gasteiger partial charge in [0.15, 0.2) is 0 Å². The molecular weight excluding hydrogens is 334 g/mol. The van der Waals surface area contributed by atoms with Crippen LogP contribution in [0.4, 0.5) is 0 Å². The first-order valence-corrected chi connectivity index (χ1v) is 8.18. The van der Waals surface area contributed by atoms with E-state index in [0.717, 1.165) is 41.3 Å². The van der Waals surface area contributed by atoms with E-state index in [2.05, 4.69) is 15.9 Å². The molecule has 1 aliphatic rings. The number of nitro groups is 1. The predicted octanol–water partition coefficient (Wildman–Crippen LogP) is 4.24. The number of hydrogen-bond donors (Lipinski definition) is 0. The summed E-state index contributed by atoms with van der Waals surface area (Å²) in [6, 6.07) is 5.76. The van der Waals surface area contributed by atoms with Gasteiger partial charge in [0.1, 0.15) is 0 Å². The van der Waals surface area contributed by atoms with Gasteiger partial charge in [0.25, 0.3) is 5.54 Å². The maximum atomic E-state index is 12.5. The lowest BCUT2D eigenvalue weighted by molar-refractivity contribution is -0.553. The molecular formula is C16H20BrNO3. The summed E-state index contributed by atoms with van der Waals surface area (Å²) in [5, 5.41) is 11.7. The second kappa shape index (κ2) is 6.69. The summed E-state index contributed by atoms with van der Waals surface area (Å²) in [7, 11) is 0. The molecule has 0 saturated heterocycles. The molecule has 1 fully saturated rings. The molecule has 1 unspecified atom stereocenters. The highest BCUT2D eigenvalue weighted by molar-refractivity contribution is 9.10. The van der Waals surface area contributed by atoms with Gasteiger partial charge in [-0.2, -0.15) is 0 Å². The Balaban J connectivity index is 2.36. The molecule has 1 aromatic rings. The van der Waals surface area contributed by atoms with E-state index in [1.807, 2.05) is 25.1 Å². The molecule has 0 amide bonds. The van der Waals surface area contributed by atoms with Gasteiger partial charge in [-0.1, -0.05) is 40.9 Å². The lowest BCUT2D eigenvalue weighted by Gasteiger charge is -2.26. The number of halogens is 1. The second-order valence-corrected chi connectivity index (χ2v) is 6.75. The molecule has 21 heavy (non-hydrogen) atoms. The van der Waals surface area contributed by atoms with Crippen LogP contribution in [0.15, 0.2) is 22.7 Å². The van der Waals surface area contributed by atoms with Crippen molar-refractivity contribution in [3.8, 4) is 0 Å². The molecule has 0 radical (unpaired) electrons.